The second-order valence-electron chi connectivity index (χ2n) is 5.33. The lowest BCUT2D eigenvalue weighted by atomic mass is 9.98. The summed E-state index contributed by atoms with van der Waals surface area (Å²) in [6.07, 6.45) is 5.05. The Hall–Kier alpha value is -1.93. The van der Waals surface area contributed by atoms with Crippen molar-refractivity contribution in [3.05, 3.63) is 40.0 Å². The minimum absolute atomic E-state index is 0.483. The van der Waals surface area contributed by atoms with E-state index < -0.39 is 0 Å². The molecule has 108 valence electrons. The van der Waals surface area contributed by atoms with Crippen LogP contribution in [-0.2, 0) is 6.42 Å². The van der Waals surface area contributed by atoms with E-state index in [1.807, 2.05) is 6.07 Å². The Morgan fingerprint density at radius 3 is 3.19 bits per heavy atom. The number of aryl methyl sites for hydroxylation is 1. The summed E-state index contributed by atoms with van der Waals surface area (Å²) in [5.74, 6) is 1.39. The maximum absolute atomic E-state index is 9.02. The molecule has 1 fully saturated rings. The number of hydrogen-bond donors (Lipinski definition) is 0. The summed E-state index contributed by atoms with van der Waals surface area (Å²) in [4.78, 5) is 11.4. The van der Waals surface area contributed by atoms with Crippen molar-refractivity contribution < 1.29 is 0 Å². The van der Waals surface area contributed by atoms with E-state index in [1.54, 1.807) is 23.6 Å². The summed E-state index contributed by atoms with van der Waals surface area (Å²) >= 11 is 1.78. The number of nitriles is 1. The van der Waals surface area contributed by atoms with Crippen LogP contribution in [0.1, 0.15) is 41.9 Å². The smallest absolute Gasteiger partial charge is 0.129 e. The van der Waals surface area contributed by atoms with Crippen molar-refractivity contribution in [3.8, 4) is 6.07 Å². The van der Waals surface area contributed by atoms with Crippen LogP contribution in [0.25, 0.3) is 0 Å². The second-order valence-corrected chi connectivity index (χ2v) is 6.22. The maximum atomic E-state index is 9.02. The SMILES string of the molecule is CCc1csc([C@@H]2CCCN(c3cc(C#N)ccn3)C2)n1. The van der Waals surface area contributed by atoms with Gasteiger partial charge in [-0.25, -0.2) is 9.97 Å². The number of nitrogens with zero attached hydrogens (tertiary/aromatic N) is 4. The molecule has 0 radical (unpaired) electrons. The third-order valence-electron chi connectivity index (χ3n) is 3.90. The fraction of sp³-hybridized carbons (Fsp3) is 0.438. The number of pyridine rings is 1. The lowest BCUT2D eigenvalue weighted by Gasteiger charge is -2.32. The molecular formula is C16H18N4S. The highest BCUT2D eigenvalue weighted by atomic mass is 32.1. The first-order valence-corrected chi connectivity index (χ1v) is 8.23. The van der Waals surface area contributed by atoms with Gasteiger partial charge in [-0.3, -0.25) is 0 Å². The Balaban J connectivity index is 1.77. The van der Waals surface area contributed by atoms with Crippen molar-refractivity contribution in [2.24, 2.45) is 0 Å². The molecule has 0 bridgehead atoms. The number of rotatable bonds is 3. The number of piperidine rings is 1. The van der Waals surface area contributed by atoms with Crippen LogP contribution in [0, 0.1) is 11.3 Å². The number of hydrogen-bond acceptors (Lipinski definition) is 5. The number of anilines is 1. The molecule has 3 rings (SSSR count). The fourth-order valence-corrected chi connectivity index (χ4v) is 3.75. The van der Waals surface area contributed by atoms with E-state index in [2.05, 4.69) is 28.3 Å². The Morgan fingerprint density at radius 2 is 2.43 bits per heavy atom. The van der Waals surface area contributed by atoms with Gasteiger partial charge in [0, 0.05) is 30.6 Å². The summed E-state index contributed by atoms with van der Waals surface area (Å²) in [6, 6.07) is 5.81. The van der Waals surface area contributed by atoms with Gasteiger partial charge in [0.2, 0.25) is 0 Å². The molecule has 0 saturated carbocycles. The molecule has 21 heavy (non-hydrogen) atoms. The van der Waals surface area contributed by atoms with Crippen LogP contribution in [0.5, 0.6) is 0 Å². The molecule has 0 aromatic carbocycles. The fourth-order valence-electron chi connectivity index (χ4n) is 2.72. The molecule has 3 heterocycles. The molecule has 2 aromatic heterocycles. The van der Waals surface area contributed by atoms with Gasteiger partial charge in [0.25, 0.3) is 0 Å². The summed E-state index contributed by atoms with van der Waals surface area (Å²) < 4.78 is 0. The molecular weight excluding hydrogens is 280 g/mol. The van der Waals surface area contributed by atoms with E-state index in [-0.39, 0.29) is 0 Å². The van der Waals surface area contributed by atoms with Gasteiger partial charge in [0.05, 0.1) is 22.3 Å². The highest BCUT2D eigenvalue weighted by molar-refractivity contribution is 7.09. The molecule has 0 spiro atoms. The van der Waals surface area contributed by atoms with Crippen LogP contribution >= 0.6 is 11.3 Å². The molecule has 1 saturated heterocycles. The van der Waals surface area contributed by atoms with Gasteiger partial charge >= 0.3 is 0 Å². The average Bonchev–Trinajstić information content (AvgIpc) is 3.04. The molecule has 0 N–H and O–H groups in total. The largest absolute Gasteiger partial charge is 0.356 e. The van der Waals surface area contributed by atoms with Gasteiger partial charge in [0.15, 0.2) is 0 Å². The molecule has 1 aliphatic rings. The third kappa shape index (κ3) is 3.06. The monoisotopic (exact) mass is 298 g/mol. The lowest BCUT2D eigenvalue weighted by molar-refractivity contribution is 0.505. The summed E-state index contributed by atoms with van der Waals surface area (Å²) in [5.41, 5.74) is 1.86. The minimum Gasteiger partial charge on any atom is -0.356 e. The Kier molecular flexibility index (Phi) is 4.16. The standard InChI is InChI=1S/C16H18N4S/c1-2-14-11-21-16(19-14)13-4-3-7-20(10-13)15-8-12(9-17)5-6-18-15/h5-6,8,11,13H,2-4,7,10H2,1H3/t13-/m1/s1. The highest BCUT2D eigenvalue weighted by Gasteiger charge is 2.24. The van der Waals surface area contributed by atoms with Gasteiger partial charge in [-0.05, 0) is 31.4 Å². The zero-order valence-electron chi connectivity index (χ0n) is 12.1. The number of aromatic nitrogens is 2. The van der Waals surface area contributed by atoms with E-state index in [4.69, 9.17) is 10.2 Å². The maximum Gasteiger partial charge on any atom is 0.129 e. The van der Waals surface area contributed by atoms with Crippen molar-refractivity contribution in [2.45, 2.75) is 32.1 Å². The molecule has 4 nitrogen and oxygen atoms in total. The molecule has 2 aromatic rings. The van der Waals surface area contributed by atoms with Crippen LogP contribution in [0.4, 0.5) is 5.82 Å². The van der Waals surface area contributed by atoms with E-state index in [0.717, 1.165) is 31.7 Å². The molecule has 0 unspecified atom stereocenters. The Morgan fingerprint density at radius 1 is 1.52 bits per heavy atom. The normalized spacial score (nSPS) is 18.5. The first-order valence-electron chi connectivity index (χ1n) is 7.35. The third-order valence-corrected chi connectivity index (χ3v) is 4.96. The predicted molar refractivity (Wildman–Crippen MR) is 84.6 cm³/mol. The van der Waals surface area contributed by atoms with Crippen LogP contribution in [-0.4, -0.2) is 23.1 Å². The van der Waals surface area contributed by atoms with E-state index in [9.17, 15) is 0 Å². The van der Waals surface area contributed by atoms with Gasteiger partial charge < -0.3 is 4.90 Å². The summed E-state index contributed by atoms with van der Waals surface area (Å²) in [5, 5.41) is 12.4. The summed E-state index contributed by atoms with van der Waals surface area (Å²) in [7, 11) is 0. The van der Waals surface area contributed by atoms with Crippen LogP contribution < -0.4 is 4.90 Å². The first kappa shape index (κ1) is 14.0. The van der Waals surface area contributed by atoms with Crippen molar-refractivity contribution in [1.82, 2.24) is 9.97 Å². The van der Waals surface area contributed by atoms with Crippen LogP contribution in [0.2, 0.25) is 0 Å². The molecule has 5 heteroatoms. The average molecular weight is 298 g/mol. The Labute approximate surface area is 129 Å². The van der Waals surface area contributed by atoms with Gasteiger partial charge in [0.1, 0.15) is 5.82 Å². The topological polar surface area (TPSA) is 52.8 Å². The molecule has 0 amide bonds. The predicted octanol–water partition coefficient (Wildman–Crippen LogP) is 3.36. The second kappa shape index (κ2) is 6.23. The molecule has 1 atom stereocenters. The first-order chi connectivity index (χ1) is 10.3. The van der Waals surface area contributed by atoms with Crippen molar-refractivity contribution in [1.29, 1.82) is 5.26 Å². The minimum atomic E-state index is 0.483. The van der Waals surface area contributed by atoms with Gasteiger partial charge in [-0.1, -0.05) is 6.92 Å². The zero-order chi connectivity index (χ0) is 14.7. The zero-order valence-corrected chi connectivity index (χ0v) is 12.9. The van der Waals surface area contributed by atoms with Gasteiger partial charge in [-0.2, -0.15) is 5.26 Å². The molecule has 1 aliphatic heterocycles. The van der Waals surface area contributed by atoms with Crippen LogP contribution in [0.3, 0.4) is 0 Å². The van der Waals surface area contributed by atoms with Gasteiger partial charge in [-0.15, -0.1) is 11.3 Å². The molecule has 0 aliphatic carbocycles. The highest BCUT2D eigenvalue weighted by Crippen LogP contribution is 2.31. The van der Waals surface area contributed by atoms with Crippen molar-refractivity contribution in [3.63, 3.8) is 0 Å². The van der Waals surface area contributed by atoms with E-state index in [0.29, 0.717) is 11.5 Å². The van der Waals surface area contributed by atoms with E-state index >= 15 is 0 Å². The van der Waals surface area contributed by atoms with Crippen LogP contribution in [0.15, 0.2) is 23.7 Å². The number of thiazole rings is 1. The Bertz CT molecular complexity index is 658. The quantitative estimate of drug-likeness (QED) is 0.872. The van der Waals surface area contributed by atoms with E-state index in [1.165, 1.54) is 17.1 Å². The lowest BCUT2D eigenvalue weighted by Crippen LogP contribution is -2.34. The van der Waals surface area contributed by atoms with Crippen molar-refractivity contribution >= 4 is 17.2 Å². The van der Waals surface area contributed by atoms with Crippen molar-refractivity contribution in [2.75, 3.05) is 18.0 Å². The summed E-state index contributed by atoms with van der Waals surface area (Å²) in [6.45, 7) is 4.09.